The van der Waals surface area contributed by atoms with Crippen molar-refractivity contribution in [1.29, 1.82) is 0 Å². The molecule has 6 nitrogen and oxygen atoms in total. The fraction of sp³-hybridized carbons (Fsp3) is 0.150. The summed E-state index contributed by atoms with van der Waals surface area (Å²) in [5, 5.41) is 8.41. The lowest BCUT2D eigenvalue weighted by Gasteiger charge is -2.05. The van der Waals surface area contributed by atoms with Crippen LogP contribution in [0.15, 0.2) is 64.3 Å². The van der Waals surface area contributed by atoms with E-state index in [9.17, 15) is 0 Å². The molecule has 0 atom stereocenters. The minimum atomic E-state index is 0.297. The Balaban J connectivity index is 1.31. The van der Waals surface area contributed by atoms with Gasteiger partial charge in [0, 0.05) is 10.6 Å². The van der Waals surface area contributed by atoms with E-state index in [4.69, 9.17) is 20.8 Å². The van der Waals surface area contributed by atoms with Crippen LogP contribution in [0.25, 0.3) is 11.3 Å². The van der Waals surface area contributed by atoms with Crippen LogP contribution < -0.4 is 4.74 Å². The third-order valence-corrected chi connectivity index (χ3v) is 5.21. The Morgan fingerprint density at radius 1 is 1.18 bits per heavy atom. The Morgan fingerprint density at radius 2 is 2.04 bits per heavy atom. The first-order valence-electron chi connectivity index (χ1n) is 8.60. The summed E-state index contributed by atoms with van der Waals surface area (Å²) in [4.78, 5) is 8.74. The SMILES string of the molecule is Cc1cc(OCc2nc(SCc3ncc(-c4ccccc4)o3)n[nH]2)ccc1Cl. The summed E-state index contributed by atoms with van der Waals surface area (Å²) < 4.78 is 11.5. The highest BCUT2D eigenvalue weighted by atomic mass is 35.5. The number of aryl methyl sites for hydroxylation is 1. The maximum Gasteiger partial charge on any atom is 0.209 e. The molecule has 0 aliphatic rings. The molecule has 0 aliphatic carbocycles. The molecule has 28 heavy (non-hydrogen) atoms. The van der Waals surface area contributed by atoms with Gasteiger partial charge in [0.05, 0.1) is 11.9 Å². The summed E-state index contributed by atoms with van der Waals surface area (Å²) in [5.74, 6) is 3.30. The van der Waals surface area contributed by atoms with Gasteiger partial charge in [-0.2, -0.15) is 0 Å². The largest absolute Gasteiger partial charge is 0.486 e. The summed E-state index contributed by atoms with van der Waals surface area (Å²) in [5.41, 5.74) is 1.97. The van der Waals surface area contributed by atoms with Gasteiger partial charge in [0.25, 0.3) is 0 Å². The number of nitrogens with one attached hydrogen (secondary N) is 1. The number of rotatable bonds is 7. The number of halogens is 1. The highest BCUT2D eigenvalue weighted by Gasteiger charge is 2.10. The number of hydrogen-bond donors (Lipinski definition) is 1. The number of H-pyrrole nitrogens is 1. The van der Waals surface area contributed by atoms with Crippen LogP contribution in [0.1, 0.15) is 17.3 Å². The Bertz CT molecular complexity index is 1070. The Kier molecular flexibility index (Phi) is 5.64. The van der Waals surface area contributed by atoms with Gasteiger partial charge in [0.15, 0.2) is 11.6 Å². The zero-order chi connectivity index (χ0) is 19.3. The van der Waals surface area contributed by atoms with E-state index >= 15 is 0 Å². The minimum Gasteiger partial charge on any atom is -0.486 e. The van der Waals surface area contributed by atoms with Gasteiger partial charge < -0.3 is 9.15 Å². The van der Waals surface area contributed by atoms with Crippen molar-refractivity contribution in [2.45, 2.75) is 24.4 Å². The fourth-order valence-corrected chi connectivity index (χ4v) is 3.29. The molecular formula is C20H17ClN4O2S. The van der Waals surface area contributed by atoms with Crippen molar-refractivity contribution in [3.05, 3.63) is 77.0 Å². The van der Waals surface area contributed by atoms with Crippen molar-refractivity contribution in [2.75, 3.05) is 0 Å². The first-order valence-corrected chi connectivity index (χ1v) is 9.97. The standard InChI is InChI=1S/C20H17ClN4O2S/c1-13-9-15(7-8-16(13)21)26-11-18-23-20(25-24-18)28-12-19-22-10-17(27-19)14-5-3-2-4-6-14/h2-10H,11-12H2,1H3,(H,23,24,25). The number of oxazole rings is 1. The van der Waals surface area contributed by atoms with E-state index in [1.54, 1.807) is 6.20 Å². The molecule has 8 heteroatoms. The second-order valence-corrected chi connectivity index (χ2v) is 7.39. The van der Waals surface area contributed by atoms with Gasteiger partial charge in [0.2, 0.25) is 11.0 Å². The molecule has 2 aromatic carbocycles. The zero-order valence-corrected chi connectivity index (χ0v) is 16.6. The fourth-order valence-electron chi connectivity index (χ4n) is 2.50. The van der Waals surface area contributed by atoms with Crippen molar-refractivity contribution in [3.8, 4) is 17.1 Å². The molecule has 0 fully saturated rings. The van der Waals surface area contributed by atoms with Crippen molar-refractivity contribution in [3.63, 3.8) is 0 Å². The number of aromatic nitrogens is 4. The summed E-state index contributed by atoms with van der Waals surface area (Å²) in [6.07, 6.45) is 1.73. The van der Waals surface area contributed by atoms with Crippen molar-refractivity contribution in [1.82, 2.24) is 20.2 Å². The third-order valence-electron chi connectivity index (χ3n) is 3.95. The highest BCUT2D eigenvalue weighted by Crippen LogP contribution is 2.25. The Labute approximate surface area is 171 Å². The van der Waals surface area contributed by atoms with Gasteiger partial charge in [-0.25, -0.2) is 9.97 Å². The van der Waals surface area contributed by atoms with Crippen LogP contribution in [-0.4, -0.2) is 20.2 Å². The van der Waals surface area contributed by atoms with E-state index in [1.165, 1.54) is 11.8 Å². The highest BCUT2D eigenvalue weighted by molar-refractivity contribution is 7.98. The maximum atomic E-state index is 6.02. The second-order valence-electron chi connectivity index (χ2n) is 6.04. The number of benzene rings is 2. The summed E-state index contributed by atoms with van der Waals surface area (Å²) in [7, 11) is 0. The first kappa shape index (κ1) is 18.6. The zero-order valence-electron chi connectivity index (χ0n) is 15.1. The lowest BCUT2D eigenvalue weighted by Crippen LogP contribution is -1.98. The van der Waals surface area contributed by atoms with Crippen LogP contribution in [0.3, 0.4) is 0 Å². The van der Waals surface area contributed by atoms with Gasteiger partial charge in [-0.3, -0.25) is 5.10 Å². The van der Waals surface area contributed by atoms with Gasteiger partial charge >= 0.3 is 0 Å². The van der Waals surface area contributed by atoms with Crippen LogP contribution in [0.5, 0.6) is 5.75 Å². The summed E-state index contributed by atoms with van der Waals surface area (Å²) in [6.45, 7) is 2.23. The van der Waals surface area contributed by atoms with Gasteiger partial charge in [-0.1, -0.05) is 53.7 Å². The van der Waals surface area contributed by atoms with E-state index in [1.807, 2.05) is 55.5 Å². The van der Waals surface area contributed by atoms with Crippen LogP contribution in [0.4, 0.5) is 0 Å². The molecule has 2 heterocycles. The molecule has 0 aliphatic heterocycles. The van der Waals surface area contributed by atoms with Gasteiger partial charge in [0.1, 0.15) is 12.4 Å². The van der Waals surface area contributed by atoms with Crippen LogP contribution in [0, 0.1) is 6.92 Å². The second kappa shape index (κ2) is 8.50. The van der Waals surface area contributed by atoms with Crippen molar-refractivity contribution in [2.24, 2.45) is 0 Å². The number of ether oxygens (including phenoxy) is 1. The molecule has 0 saturated heterocycles. The van der Waals surface area contributed by atoms with E-state index in [-0.39, 0.29) is 0 Å². The number of aromatic amines is 1. The molecule has 142 valence electrons. The summed E-state index contributed by atoms with van der Waals surface area (Å²) >= 11 is 7.47. The maximum absolute atomic E-state index is 6.02. The van der Waals surface area contributed by atoms with E-state index in [0.29, 0.717) is 34.3 Å². The van der Waals surface area contributed by atoms with E-state index < -0.39 is 0 Å². The van der Waals surface area contributed by atoms with E-state index in [2.05, 4.69) is 20.2 Å². The van der Waals surface area contributed by atoms with Crippen molar-refractivity contribution >= 4 is 23.4 Å². The molecule has 0 unspecified atom stereocenters. The molecule has 0 bridgehead atoms. The monoisotopic (exact) mass is 412 g/mol. The predicted molar refractivity (Wildman–Crippen MR) is 108 cm³/mol. The molecule has 0 amide bonds. The third kappa shape index (κ3) is 4.55. The average Bonchev–Trinajstić information content (AvgIpc) is 3.37. The average molecular weight is 413 g/mol. The van der Waals surface area contributed by atoms with Gasteiger partial charge in [-0.15, -0.1) is 5.10 Å². The predicted octanol–water partition coefficient (Wildman–Crippen LogP) is 5.29. The smallest absolute Gasteiger partial charge is 0.209 e. The molecule has 0 saturated carbocycles. The normalized spacial score (nSPS) is 10.9. The van der Waals surface area contributed by atoms with Crippen LogP contribution >= 0.6 is 23.4 Å². The quantitative estimate of drug-likeness (QED) is 0.415. The lowest BCUT2D eigenvalue weighted by molar-refractivity contribution is 0.296. The number of thioether (sulfide) groups is 1. The lowest BCUT2D eigenvalue weighted by atomic mass is 10.2. The molecule has 0 radical (unpaired) electrons. The minimum absolute atomic E-state index is 0.297. The summed E-state index contributed by atoms with van der Waals surface area (Å²) in [6, 6.07) is 15.4. The van der Waals surface area contributed by atoms with Crippen LogP contribution in [-0.2, 0) is 12.4 Å². The molecule has 4 rings (SSSR count). The molecule has 1 N–H and O–H groups in total. The molecule has 2 aromatic heterocycles. The van der Waals surface area contributed by atoms with Crippen molar-refractivity contribution < 1.29 is 9.15 Å². The number of hydrogen-bond acceptors (Lipinski definition) is 6. The molecule has 4 aromatic rings. The van der Waals surface area contributed by atoms with E-state index in [0.717, 1.165) is 22.6 Å². The molecule has 0 spiro atoms. The number of nitrogens with zero attached hydrogens (tertiary/aromatic N) is 3. The Morgan fingerprint density at radius 3 is 2.86 bits per heavy atom. The van der Waals surface area contributed by atoms with Crippen LogP contribution in [0.2, 0.25) is 5.02 Å². The van der Waals surface area contributed by atoms with Gasteiger partial charge in [-0.05, 0) is 30.7 Å². The Hall–Kier alpha value is -2.77. The first-order chi connectivity index (χ1) is 13.7. The molecular weight excluding hydrogens is 396 g/mol. The topological polar surface area (TPSA) is 76.8 Å².